The Morgan fingerprint density at radius 2 is 1.75 bits per heavy atom. The van der Waals surface area contributed by atoms with Crippen molar-refractivity contribution in [1.82, 2.24) is 9.13 Å². The lowest BCUT2D eigenvalue weighted by molar-refractivity contribution is 0.0970. The van der Waals surface area contributed by atoms with Gasteiger partial charge in [-0.2, -0.15) is 0 Å². The standard InChI is InChI=1S/C14H14N2O4/c1-15-7-8-16(14(19)13(15)18)9-12(17)10-3-5-11(20-2)6-4-10/h3-8H,9H2,1-2H3. The van der Waals surface area contributed by atoms with E-state index in [1.807, 2.05) is 0 Å². The summed E-state index contributed by atoms with van der Waals surface area (Å²) in [5.74, 6) is 0.398. The van der Waals surface area contributed by atoms with Crippen LogP contribution < -0.4 is 15.9 Å². The minimum Gasteiger partial charge on any atom is -0.497 e. The fourth-order valence-electron chi connectivity index (χ4n) is 1.74. The van der Waals surface area contributed by atoms with Crippen LogP contribution in [-0.4, -0.2) is 22.0 Å². The number of hydrogen-bond acceptors (Lipinski definition) is 4. The minimum atomic E-state index is -0.711. The van der Waals surface area contributed by atoms with Gasteiger partial charge in [0, 0.05) is 25.0 Å². The third-order valence-electron chi connectivity index (χ3n) is 2.96. The van der Waals surface area contributed by atoms with Crippen molar-refractivity contribution in [2.24, 2.45) is 7.05 Å². The molecule has 1 aromatic heterocycles. The van der Waals surface area contributed by atoms with Crippen molar-refractivity contribution in [3.63, 3.8) is 0 Å². The van der Waals surface area contributed by atoms with Crippen LogP contribution in [0.15, 0.2) is 46.2 Å². The van der Waals surface area contributed by atoms with Crippen LogP contribution in [0.2, 0.25) is 0 Å². The van der Waals surface area contributed by atoms with Crippen LogP contribution in [-0.2, 0) is 13.6 Å². The van der Waals surface area contributed by atoms with Crippen LogP contribution in [0.1, 0.15) is 10.4 Å². The van der Waals surface area contributed by atoms with Gasteiger partial charge in [-0.05, 0) is 24.3 Å². The Balaban J connectivity index is 2.25. The number of Topliss-reactive ketones (excluding diaryl/α,β-unsaturated/α-hetero) is 1. The number of ether oxygens (including phenoxy) is 1. The van der Waals surface area contributed by atoms with E-state index in [4.69, 9.17) is 4.74 Å². The molecule has 0 saturated carbocycles. The quantitative estimate of drug-likeness (QED) is 0.599. The van der Waals surface area contributed by atoms with Crippen LogP contribution in [0, 0.1) is 0 Å². The van der Waals surface area contributed by atoms with E-state index in [2.05, 4.69) is 0 Å². The predicted molar refractivity (Wildman–Crippen MR) is 73.3 cm³/mol. The molecule has 0 radical (unpaired) electrons. The molecule has 0 spiro atoms. The van der Waals surface area contributed by atoms with Crippen molar-refractivity contribution < 1.29 is 9.53 Å². The molecule has 0 N–H and O–H groups in total. The van der Waals surface area contributed by atoms with Crippen LogP contribution in [0.5, 0.6) is 5.75 Å². The second-order valence-electron chi connectivity index (χ2n) is 4.30. The summed E-state index contributed by atoms with van der Waals surface area (Å²) in [5.41, 5.74) is -0.912. The van der Waals surface area contributed by atoms with Crippen molar-refractivity contribution in [2.75, 3.05) is 7.11 Å². The van der Waals surface area contributed by atoms with E-state index in [1.165, 1.54) is 31.1 Å². The van der Waals surface area contributed by atoms with Crippen molar-refractivity contribution in [3.8, 4) is 5.75 Å². The molecule has 0 aliphatic carbocycles. The van der Waals surface area contributed by atoms with Crippen molar-refractivity contribution in [1.29, 1.82) is 0 Å². The number of rotatable bonds is 4. The number of aryl methyl sites for hydroxylation is 1. The normalized spacial score (nSPS) is 10.3. The van der Waals surface area contributed by atoms with Crippen molar-refractivity contribution in [3.05, 3.63) is 62.9 Å². The van der Waals surface area contributed by atoms with Gasteiger partial charge in [0.15, 0.2) is 5.78 Å². The molecule has 0 bridgehead atoms. The molecule has 0 fully saturated rings. The fraction of sp³-hybridized carbons (Fsp3) is 0.214. The molecule has 0 saturated heterocycles. The highest BCUT2D eigenvalue weighted by Crippen LogP contribution is 2.11. The molecule has 20 heavy (non-hydrogen) atoms. The highest BCUT2D eigenvalue weighted by molar-refractivity contribution is 5.95. The first-order chi connectivity index (χ1) is 9.52. The largest absolute Gasteiger partial charge is 0.497 e. The second-order valence-corrected chi connectivity index (χ2v) is 4.30. The first kappa shape index (κ1) is 13.8. The lowest BCUT2D eigenvalue weighted by Crippen LogP contribution is -2.40. The summed E-state index contributed by atoms with van der Waals surface area (Å²) >= 11 is 0. The number of aromatic nitrogens is 2. The van der Waals surface area contributed by atoms with Gasteiger partial charge in [-0.3, -0.25) is 14.4 Å². The fourth-order valence-corrected chi connectivity index (χ4v) is 1.74. The Labute approximate surface area is 114 Å². The molecule has 0 aliphatic rings. The Morgan fingerprint density at radius 1 is 1.10 bits per heavy atom. The number of nitrogens with zero attached hydrogens (tertiary/aromatic N) is 2. The van der Waals surface area contributed by atoms with E-state index in [9.17, 15) is 14.4 Å². The van der Waals surface area contributed by atoms with E-state index in [1.54, 1.807) is 24.3 Å². The Hall–Kier alpha value is -2.63. The van der Waals surface area contributed by atoms with Crippen LogP contribution in [0.4, 0.5) is 0 Å². The summed E-state index contributed by atoms with van der Waals surface area (Å²) < 4.78 is 7.29. The monoisotopic (exact) mass is 274 g/mol. The Kier molecular flexibility index (Phi) is 3.84. The van der Waals surface area contributed by atoms with Gasteiger partial charge < -0.3 is 13.9 Å². The summed E-state index contributed by atoms with van der Waals surface area (Å²) in [6, 6.07) is 6.57. The smallest absolute Gasteiger partial charge is 0.316 e. The van der Waals surface area contributed by atoms with Gasteiger partial charge in [0.05, 0.1) is 13.7 Å². The molecule has 2 aromatic rings. The van der Waals surface area contributed by atoms with Gasteiger partial charge in [-0.15, -0.1) is 0 Å². The van der Waals surface area contributed by atoms with Gasteiger partial charge >= 0.3 is 11.1 Å². The molecular formula is C14H14N2O4. The maximum atomic E-state index is 12.1. The van der Waals surface area contributed by atoms with E-state index < -0.39 is 11.1 Å². The summed E-state index contributed by atoms with van der Waals surface area (Å²) in [6.45, 7) is -0.165. The lowest BCUT2D eigenvalue weighted by Gasteiger charge is -2.06. The minimum absolute atomic E-state index is 0.165. The van der Waals surface area contributed by atoms with Crippen LogP contribution in [0.3, 0.4) is 0 Å². The summed E-state index contributed by atoms with van der Waals surface area (Å²) in [7, 11) is 3.02. The molecule has 6 heteroatoms. The highest BCUT2D eigenvalue weighted by Gasteiger charge is 2.10. The molecule has 104 valence electrons. The predicted octanol–water partition coefficient (Wildman–Crippen LogP) is 0.438. The van der Waals surface area contributed by atoms with Gasteiger partial charge in [0.25, 0.3) is 0 Å². The van der Waals surface area contributed by atoms with Gasteiger partial charge in [-0.1, -0.05) is 0 Å². The zero-order valence-electron chi connectivity index (χ0n) is 11.2. The van der Waals surface area contributed by atoms with Gasteiger partial charge in [0.2, 0.25) is 0 Å². The average molecular weight is 274 g/mol. The maximum absolute atomic E-state index is 12.1. The van der Waals surface area contributed by atoms with Crippen LogP contribution in [0.25, 0.3) is 0 Å². The molecule has 0 atom stereocenters. The number of benzene rings is 1. The van der Waals surface area contributed by atoms with E-state index in [0.29, 0.717) is 11.3 Å². The topological polar surface area (TPSA) is 70.3 Å². The number of ketones is 1. The lowest BCUT2D eigenvalue weighted by atomic mass is 10.1. The molecular weight excluding hydrogens is 260 g/mol. The first-order valence-electron chi connectivity index (χ1n) is 5.96. The molecule has 0 aliphatic heterocycles. The first-order valence-corrected chi connectivity index (χ1v) is 5.96. The summed E-state index contributed by atoms with van der Waals surface area (Å²) in [4.78, 5) is 35.3. The number of carbonyl (C=O) groups excluding carboxylic acids is 1. The molecule has 1 aromatic carbocycles. The molecule has 2 rings (SSSR count). The highest BCUT2D eigenvalue weighted by atomic mass is 16.5. The van der Waals surface area contributed by atoms with Gasteiger partial charge in [0.1, 0.15) is 5.75 Å². The second kappa shape index (κ2) is 5.56. The third-order valence-corrected chi connectivity index (χ3v) is 2.96. The Morgan fingerprint density at radius 3 is 2.35 bits per heavy atom. The van der Waals surface area contributed by atoms with Crippen molar-refractivity contribution >= 4 is 5.78 Å². The van der Waals surface area contributed by atoms with Gasteiger partial charge in [-0.25, -0.2) is 0 Å². The van der Waals surface area contributed by atoms with E-state index in [-0.39, 0.29) is 12.3 Å². The molecule has 1 heterocycles. The van der Waals surface area contributed by atoms with Crippen LogP contribution >= 0.6 is 0 Å². The molecule has 6 nitrogen and oxygen atoms in total. The van der Waals surface area contributed by atoms with E-state index >= 15 is 0 Å². The van der Waals surface area contributed by atoms with E-state index in [0.717, 1.165) is 4.57 Å². The number of carbonyl (C=O) groups is 1. The summed E-state index contributed by atoms with van der Waals surface area (Å²) in [5, 5.41) is 0. The maximum Gasteiger partial charge on any atom is 0.316 e. The zero-order chi connectivity index (χ0) is 14.7. The number of hydrogen-bond donors (Lipinski definition) is 0. The van der Waals surface area contributed by atoms with Crippen molar-refractivity contribution in [2.45, 2.75) is 6.54 Å². The zero-order valence-corrected chi connectivity index (χ0v) is 11.2. The third kappa shape index (κ3) is 2.69. The Bertz CT molecular complexity index is 741. The summed E-state index contributed by atoms with van der Waals surface area (Å²) in [6.07, 6.45) is 2.87. The number of methoxy groups -OCH3 is 1. The molecule has 0 amide bonds. The average Bonchev–Trinajstić information content (AvgIpc) is 2.48. The molecule has 0 unspecified atom stereocenters. The SMILES string of the molecule is COc1ccc(C(=O)Cn2ccn(C)c(=O)c2=O)cc1.